The van der Waals surface area contributed by atoms with E-state index in [-0.39, 0.29) is 27.6 Å². The lowest BCUT2D eigenvalue weighted by Crippen LogP contribution is -2.12. The molecule has 0 aliphatic rings. The molecule has 2 aromatic carbocycles. The number of hydrogen-bond acceptors (Lipinski definition) is 6. The topological polar surface area (TPSA) is 94.7 Å². The van der Waals surface area contributed by atoms with Crippen molar-refractivity contribution in [3.8, 4) is 5.75 Å². The summed E-state index contributed by atoms with van der Waals surface area (Å²) >= 11 is 6.25. The fourth-order valence-electron chi connectivity index (χ4n) is 2.54. The number of halogens is 1. The highest BCUT2D eigenvalue weighted by Gasteiger charge is 2.20. The van der Waals surface area contributed by atoms with Crippen LogP contribution >= 0.6 is 11.6 Å². The van der Waals surface area contributed by atoms with Crippen LogP contribution in [0.2, 0.25) is 5.02 Å². The van der Waals surface area contributed by atoms with Crippen LogP contribution in [0.1, 0.15) is 31.2 Å². The maximum Gasteiger partial charge on any atom is 0.361 e. The molecule has 0 amide bonds. The van der Waals surface area contributed by atoms with Gasteiger partial charge in [0.2, 0.25) is 0 Å². The molecule has 0 unspecified atom stereocenters. The normalized spacial score (nSPS) is 10.5. The highest BCUT2D eigenvalue weighted by molar-refractivity contribution is 6.38. The minimum absolute atomic E-state index is 0.0296. The van der Waals surface area contributed by atoms with E-state index in [0.29, 0.717) is 10.9 Å². The predicted molar refractivity (Wildman–Crippen MR) is 97.4 cm³/mol. The second-order valence-corrected chi connectivity index (χ2v) is 5.86. The fraction of sp³-hybridized carbons (Fsp3) is 0.105. The van der Waals surface area contributed by atoms with Gasteiger partial charge in [-0.05, 0) is 24.3 Å². The van der Waals surface area contributed by atoms with Gasteiger partial charge in [0.15, 0.2) is 0 Å². The number of fused-ring (bicyclic) bond motifs is 1. The molecule has 0 saturated carbocycles. The summed E-state index contributed by atoms with van der Waals surface area (Å²) in [7, 11) is 2.40. The smallest absolute Gasteiger partial charge is 0.361 e. The van der Waals surface area contributed by atoms with Crippen molar-refractivity contribution in [1.82, 2.24) is 4.98 Å². The van der Waals surface area contributed by atoms with Gasteiger partial charge in [-0.25, -0.2) is 14.4 Å². The van der Waals surface area contributed by atoms with E-state index in [9.17, 15) is 14.4 Å². The summed E-state index contributed by atoms with van der Waals surface area (Å²) in [6.07, 6.45) is 0. The van der Waals surface area contributed by atoms with Gasteiger partial charge in [0.1, 0.15) is 11.4 Å². The lowest BCUT2D eigenvalue weighted by Gasteiger charge is -2.08. The number of ether oxygens (including phenoxy) is 3. The van der Waals surface area contributed by atoms with E-state index in [1.807, 2.05) is 0 Å². The molecule has 1 aromatic heterocycles. The lowest BCUT2D eigenvalue weighted by atomic mass is 10.1. The van der Waals surface area contributed by atoms with Crippen LogP contribution in [0.4, 0.5) is 0 Å². The number of aromatic amines is 1. The third-order valence-electron chi connectivity index (χ3n) is 3.81. The molecule has 0 aliphatic carbocycles. The number of methoxy groups -OCH3 is 2. The molecule has 3 aromatic rings. The summed E-state index contributed by atoms with van der Waals surface area (Å²) in [5, 5.41) is 0.887. The van der Waals surface area contributed by atoms with Crippen molar-refractivity contribution < 1.29 is 28.6 Å². The molecule has 0 atom stereocenters. The molecule has 0 fully saturated rings. The average molecular weight is 388 g/mol. The Morgan fingerprint density at radius 1 is 0.889 bits per heavy atom. The van der Waals surface area contributed by atoms with E-state index in [0.717, 1.165) is 0 Å². The number of nitrogens with one attached hydrogen (secondary N) is 1. The highest BCUT2D eigenvalue weighted by atomic mass is 35.5. The van der Waals surface area contributed by atoms with Gasteiger partial charge < -0.3 is 19.2 Å². The molecule has 1 N–H and O–H groups in total. The van der Waals surface area contributed by atoms with Crippen LogP contribution in [0.3, 0.4) is 0 Å². The summed E-state index contributed by atoms with van der Waals surface area (Å²) in [5.41, 5.74) is 0.797. The van der Waals surface area contributed by atoms with Crippen LogP contribution in [0, 0.1) is 0 Å². The minimum atomic E-state index is -0.769. The van der Waals surface area contributed by atoms with E-state index in [2.05, 4.69) is 14.5 Å². The van der Waals surface area contributed by atoms with Crippen LogP contribution < -0.4 is 4.74 Å². The van der Waals surface area contributed by atoms with E-state index in [4.69, 9.17) is 16.3 Å². The zero-order chi connectivity index (χ0) is 19.6. The van der Waals surface area contributed by atoms with Gasteiger partial charge in [-0.1, -0.05) is 29.8 Å². The number of esters is 3. The van der Waals surface area contributed by atoms with Gasteiger partial charge in [-0.3, -0.25) is 0 Å². The SMILES string of the molecule is COC(=O)c1cc(OC(=O)c2[nH]c3ccccc3c2Cl)cc(C(=O)OC)c1. The van der Waals surface area contributed by atoms with Crippen LogP contribution in [0.5, 0.6) is 5.75 Å². The first-order valence-electron chi connectivity index (χ1n) is 7.74. The number of hydrogen-bond donors (Lipinski definition) is 1. The van der Waals surface area contributed by atoms with E-state index < -0.39 is 17.9 Å². The largest absolute Gasteiger partial charge is 0.465 e. The Hall–Kier alpha value is -3.32. The number of carbonyl (C=O) groups excluding carboxylic acids is 3. The first-order chi connectivity index (χ1) is 12.9. The number of carbonyl (C=O) groups is 3. The van der Waals surface area contributed by atoms with Crippen molar-refractivity contribution >= 4 is 40.4 Å². The number of benzene rings is 2. The predicted octanol–water partition coefficient (Wildman–Crippen LogP) is 3.61. The summed E-state index contributed by atoms with van der Waals surface area (Å²) in [6, 6.07) is 11.0. The summed E-state index contributed by atoms with van der Waals surface area (Å²) < 4.78 is 14.6. The Kier molecular flexibility index (Phi) is 5.14. The molecule has 0 aliphatic heterocycles. The fourth-order valence-corrected chi connectivity index (χ4v) is 2.83. The van der Waals surface area contributed by atoms with Crippen LogP contribution in [0.25, 0.3) is 10.9 Å². The van der Waals surface area contributed by atoms with Crippen molar-refractivity contribution in [2.45, 2.75) is 0 Å². The van der Waals surface area contributed by atoms with Crippen molar-refractivity contribution in [2.75, 3.05) is 14.2 Å². The standard InChI is InChI=1S/C19H14ClNO6/c1-25-17(22)10-7-11(18(23)26-2)9-12(8-10)27-19(24)16-15(20)13-5-3-4-6-14(13)21-16/h3-9,21H,1-2H3. The van der Waals surface area contributed by atoms with Crippen molar-refractivity contribution in [3.05, 3.63) is 64.3 Å². The molecular formula is C19H14ClNO6. The third kappa shape index (κ3) is 3.63. The monoisotopic (exact) mass is 387 g/mol. The zero-order valence-corrected chi connectivity index (χ0v) is 15.1. The molecule has 8 heteroatoms. The molecule has 1 heterocycles. The minimum Gasteiger partial charge on any atom is -0.465 e. The van der Waals surface area contributed by atoms with Gasteiger partial charge in [0.25, 0.3) is 0 Å². The average Bonchev–Trinajstić information content (AvgIpc) is 3.03. The molecule has 7 nitrogen and oxygen atoms in total. The molecule has 0 radical (unpaired) electrons. The zero-order valence-electron chi connectivity index (χ0n) is 14.4. The lowest BCUT2D eigenvalue weighted by molar-refractivity contribution is 0.0593. The highest BCUT2D eigenvalue weighted by Crippen LogP contribution is 2.28. The summed E-state index contributed by atoms with van der Waals surface area (Å²) in [5.74, 6) is -2.18. The molecule has 0 bridgehead atoms. The van der Waals surface area contributed by atoms with Crippen molar-refractivity contribution in [2.24, 2.45) is 0 Å². The molecular weight excluding hydrogens is 374 g/mol. The first-order valence-corrected chi connectivity index (χ1v) is 8.12. The number of para-hydroxylation sites is 1. The number of aromatic nitrogens is 1. The maximum atomic E-state index is 12.5. The summed E-state index contributed by atoms with van der Waals surface area (Å²) in [6.45, 7) is 0. The first kappa shape index (κ1) is 18.5. The molecule has 138 valence electrons. The van der Waals surface area contributed by atoms with Crippen molar-refractivity contribution in [1.29, 1.82) is 0 Å². The third-order valence-corrected chi connectivity index (χ3v) is 4.20. The Morgan fingerprint density at radius 3 is 2.04 bits per heavy atom. The Morgan fingerprint density at radius 2 is 1.48 bits per heavy atom. The van der Waals surface area contributed by atoms with Gasteiger partial charge in [-0.2, -0.15) is 0 Å². The van der Waals surface area contributed by atoms with Gasteiger partial charge in [-0.15, -0.1) is 0 Å². The van der Waals surface area contributed by atoms with E-state index >= 15 is 0 Å². The Labute approximate surface area is 158 Å². The molecule has 3 rings (SSSR count). The number of rotatable bonds is 4. The summed E-state index contributed by atoms with van der Waals surface area (Å²) in [4.78, 5) is 39.1. The second kappa shape index (κ2) is 7.51. The van der Waals surface area contributed by atoms with Gasteiger partial charge in [0.05, 0.1) is 30.4 Å². The Bertz CT molecular complexity index is 1020. The van der Waals surface area contributed by atoms with Crippen LogP contribution in [0.15, 0.2) is 42.5 Å². The van der Waals surface area contributed by atoms with Crippen LogP contribution in [-0.2, 0) is 9.47 Å². The van der Waals surface area contributed by atoms with Gasteiger partial charge in [0, 0.05) is 10.9 Å². The van der Waals surface area contributed by atoms with Gasteiger partial charge >= 0.3 is 17.9 Å². The second-order valence-electron chi connectivity index (χ2n) is 5.48. The number of H-pyrrole nitrogens is 1. The van der Waals surface area contributed by atoms with E-state index in [1.165, 1.54) is 32.4 Å². The quantitative estimate of drug-likeness (QED) is 0.542. The molecule has 0 spiro atoms. The van der Waals surface area contributed by atoms with Crippen molar-refractivity contribution in [3.63, 3.8) is 0 Å². The van der Waals surface area contributed by atoms with Crippen LogP contribution in [-0.4, -0.2) is 37.1 Å². The van der Waals surface area contributed by atoms with E-state index in [1.54, 1.807) is 24.3 Å². The molecule has 0 saturated heterocycles. The maximum absolute atomic E-state index is 12.5. The molecule has 27 heavy (non-hydrogen) atoms. The Balaban J connectivity index is 1.98.